The molecule has 0 bridgehead atoms. The van der Waals surface area contributed by atoms with Gasteiger partial charge in [-0.1, -0.05) is 6.42 Å². The van der Waals surface area contributed by atoms with Crippen LogP contribution in [0.2, 0.25) is 0 Å². The Morgan fingerprint density at radius 2 is 1.89 bits per heavy atom. The predicted molar refractivity (Wildman–Crippen MR) is 140 cm³/mol. The van der Waals surface area contributed by atoms with Crippen molar-refractivity contribution >= 4 is 23.1 Å². The molecular formula is C27H34N6O3. The molecule has 0 radical (unpaired) electrons. The maximum atomic E-state index is 6.01. The van der Waals surface area contributed by atoms with Crippen LogP contribution in [0.15, 0.2) is 42.7 Å². The highest BCUT2D eigenvalue weighted by atomic mass is 16.5. The van der Waals surface area contributed by atoms with E-state index in [1.54, 1.807) is 19.5 Å². The normalized spacial score (nSPS) is 15.5. The molecule has 4 heterocycles. The average molecular weight is 491 g/mol. The second kappa shape index (κ2) is 11.9. The topological polar surface area (TPSA) is 93.7 Å². The third-order valence-electron chi connectivity index (χ3n) is 6.43. The summed E-state index contributed by atoms with van der Waals surface area (Å²) in [6.45, 7) is 4.90. The summed E-state index contributed by atoms with van der Waals surface area (Å²) in [4.78, 5) is 15.9. The number of ether oxygens (including phenoxy) is 3. The van der Waals surface area contributed by atoms with Gasteiger partial charge in [-0.05, 0) is 69.5 Å². The molecule has 9 heteroatoms. The smallest absolute Gasteiger partial charge is 0.229 e. The molecule has 0 amide bonds. The maximum Gasteiger partial charge on any atom is 0.229 e. The lowest BCUT2D eigenvalue weighted by Gasteiger charge is -2.26. The van der Waals surface area contributed by atoms with Gasteiger partial charge in [-0.25, -0.2) is 9.97 Å². The molecule has 190 valence electrons. The van der Waals surface area contributed by atoms with E-state index in [0.29, 0.717) is 24.1 Å². The van der Waals surface area contributed by atoms with Crippen LogP contribution in [0, 0.1) is 0 Å². The zero-order chi connectivity index (χ0) is 24.6. The third-order valence-corrected chi connectivity index (χ3v) is 6.43. The Balaban J connectivity index is 1.17. The minimum atomic E-state index is 0.478. The minimum absolute atomic E-state index is 0.478. The number of hydrogen-bond acceptors (Lipinski definition) is 9. The number of likely N-dealkylation sites (tertiary alicyclic amines) is 1. The maximum absolute atomic E-state index is 6.01. The Morgan fingerprint density at radius 3 is 2.78 bits per heavy atom. The van der Waals surface area contributed by atoms with E-state index in [1.807, 2.05) is 24.3 Å². The van der Waals surface area contributed by atoms with Crippen molar-refractivity contribution in [3.63, 3.8) is 0 Å². The largest absolute Gasteiger partial charge is 0.493 e. The quantitative estimate of drug-likeness (QED) is 0.383. The van der Waals surface area contributed by atoms with Crippen molar-refractivity contribution < 1.29 is 14.2 Å². The fourth-order valence-electron chi connectivity index (χ4n) is 4.59. The number of anilines is 4. The van der Waals surface area contributed by atoms with Crippen molar-refractivity contribution in [1.82, 2.24) is 19.9 Å². The van der Waals surface area contributed by atoms with E-state index in [1.165, 1.54) is 32.4 Å². The van der Waals surface area contributed by atoms with Crippen molar-refractivity contribution in [2.75, 3.05) is 50.6 Å². The summed E-state index contributed by atoms with van der Waals surface area (Å²) in [5.41, 5.74) is 2.80. The Kier molecular flexibility index (Phi) is 7.97. The summed E-state index contributed by atoms with van der Waals surface area (Å²) in [6.07, 6.45) is 10.4. The van der Waals surface area contributed by atoms with Crippen molar-refractivity contribution in [3.05, 3.63) is 48.3 Å². The number of nitrogens with one attached hydrogen (secondary N) is 2. The van der Waals surface area contributed by atoms with E-state index >= 15 is 0 Å². The van der Waals surface area contributed by atoms with Gasteiger partial charge < -0.3 is 29.7 Å². The van der Waals surface area contributed by atoms with E-state index < -0.39 is 0 Å². The lowest BCUT2D eigenvalue weighted by Crippen LogP contribution is -2.31. The van der Waals surface area contributed by atoms with Crippen molar-refractivity contribution in [1.29, 1.82) is 0 Å². The number of pyridine rings is 1. The van der Waals surface area contributed by atoms with Gasteiger partial charge in [-0.3, -0.25) is 0 Å². The van der Waals surface area contributed by atoms with Crippen molar-refractivity contribution in [2.24, 2.45) is 0 Å². The minimum Gasteiger partial charge on any atom is -0.493 e. The second-order valence-electron chi connectivity index (χ2n) is 9.13. The Bertz CT molecular complexity index is 1150. The summed E-state index contributed by atoms with van der Waals surface area (Å²) in [5, 5.41) is 6.56. The van der Waals surface area contributed by atoms with Gasteiger partial charge in [0.05, 0.1) is 32.2 Å². The summed E-state index contributed by atoms with van der Waals surface area (Å²) in [7, 11) is 1.65. The molecule has 2 aliphatic rings. The molecular weight excluding hydrogens is 456 g/mol. The molecule has 0 saturated carbocycles. The lowest BCUT2D eigenvalue weighted by atomic mass is 10.1. The summed E-state index contributed by atoms with van der Waals surface area (Å²) < 4.78 is 17.2. The van der Waals surface area contributed by atoms with Crippen LogP contribution in [-0.2, 0) is 6.42 Å². The van der Waals surface area contributed by atoms with Crippen LogP contribution < -0.4 is 24.8 Å². The van der Waals surface area contributed by atoms with E-state index in [-0.39, 0.29) is 0 Å². The monoisotopic (exact) mass is 490 g/mol. The number of piperidine rings is 1. The van der Waals surface area contributed by atoms with Gasteiger partial charge in [0.15, 0.2) is 11.5 Å². The fraction of sp³-hybridized carbons (Fsp3) is 0.444. The predicted octanol–water partition coefficient (Wildman–Crippen LogP) is 4.95. The highest BCUT2D eigenvalue weighted by molar-refractivity contribution is 5.62. The molecule has 1 aromatic carbocycles. The van der Waals surface area contributed by atoms with E-state index in [4.69, 9.17) is 14.2 Å². The Hall–Kier alpha value is -3.59. The first-order valence-electron chi connectivity index (χ1n) is 12.8. The lowest BCUT2D eigenvalue weighted by molar-refractivity contribution is 0.203. The number of hydrogen-bond donors (Lipinski definition) is 2. The van der Waals surface area contributed by atoms with E-state index in [0.717, 1.165) is 61.0 Å². The molecule has 3 aromatic rings. The van der Waals surface area contributed by atoms with E-state index in [9.17, 15) is 0 Å². The third kappa shape index (κ3) is 6.34. The van der Waals surface area contributed by atoms with Gasteiger partial charge >= 0.3 is 0 Å². The molecule has 0 aliphatic carbocycles. The molecule has 36 heavy (non-hydrogen) atoms. The Morgan fingerprint density at radius 1 is 0.972 bits per heavy atom. The van der Waals surface area contributed by atoms with Gasteiger partial charge in [-0.2, -0.15) is 4.98 Å². The second-order valence-corrected chi connectivity index (χ2v) is 9.13. The molecule has 5 rings (SSSR count). The molecule has 9 nitrogen and oxygen atoms in total. The van der Waals surface area contributed by atoms with E-state index in [2.05, 4.69) is 36.6 Å². The zero-order valence-electron chi connectivity index (χ0n) is 20.8. The van der Waals surface area contributed by atoms with Crippen LogP contribution in [0.25, 0.3) is 0 Å². The summed E-state index contributed by atoms with van der Waals surface area (Å²) >= 11 is 0. The number of nitrogens with zero attached hydrogens (tertiary/aromatic N) is 4. The fourth-order valence-corrected chi connectivity index (χ4v) is 4.59. The van der Waals surface area contributed by atoms with Gasteiger partial charge in [-0.15, -0.1) is 0 Å². The van der Waals surface area contributed by atoms with Crippen LogP contribution in [0.4, 0.5) is 23.1 Å². The van der Waals surface area contributed by atoms with Crippen molar-refractivity contribution in [2.45, 2.75) is 38.5 Å². The number of aryl methyl sites for hydroxylation is 1. The molecule has 0 atom stereocenters. The molecule has 2 aliphatic heterocycles. The molecule has 1 fully saturated rings. The first kappa shape index (κ1) is 24.1. The number of fused-ring (bicyclic) bond motifs is 1. The number of aromatic nitrogens is 3. The molecule has 2 N–H and O–H groups in total. The van der Waals surface area contributed by atoms with Crippen LogP contribution >= 0.6 is 0 Å². The molecule has 2 aromatic heterocycles. The Labute approximate surface area is 212 Å². The number of methoxy groups -OCH3 is 1. The van der Waals surface area contributed by atoms with Crippen LogP contribution in [0.1, 0.15) is 37.7 Å². The summed E-state index contributed by atoms with van der Waals surface area (Å²) in [6, 6.07) is 9.65. The average Bonchev–Trinajstić information content (AvgIpc) is 2.92. The number of rotatable bonds is 10. The van der Waals surface area contributed by atoms with Crippen molar-refractivity contribution in [3.8, 4) is 17.4 Å². The highest BCUT2D eigenvalue weighted by Gasteiger charge is 2.13. The van der Waals surface area contributed by atoms with Crippen LogP contribution in [-0.4, -0.2) is 59.8 Å². The molecule has 1 saturated heterocycles. The van der Waals surface area contributed by atoms with Crippen LogP contribution in [0.3, 0.4) is 0 Å². The number of benzene rings is 1. The van der Waals surface area contributed by atoms with Gasteiger partial charge in [0.2, 0.25) is 11.8 Å². The highest BCUT2D eigenvalue weighted by Crippen LogP contribution is 2.31. The first-order valence-corrected chi connectivity index (χ1v) is 12.8. The SMILES string of the molecule is COc1cc(Nc2nccc(Nc3cnc4c(c3)CCCO4)n2)ccc1OCCCN1CCCCC1. The summed E-state index contributed by atoms with van der Waals surface area (Å²) in [5.74, 6) is 3.29. The molecule has 0 unspecified atom stereocenters. The first-order chi connectivity index (χ1) is 17.8. The standard InChI is InChI=1S/C27H34N6O3/c1-34-24-18-21(8-9-23(24)35-16-6-14-33-12-3-2-4-13-33)31-27-28-11-10-25(32-27)30-22-17-20-7-5-15-36-26(20)29-19-22/h8-11,17-19H,2-7,12-16H2,1H3,(H2,28,30,31,32). The van der Waals surface area contributed by atoms with Crippen LogP contribution in [0.5, 0.6) is 17.4 Å². The van der Waals surface area contributed by atoms with Gasteiger partial charge in [0.25, 0.3) is 0 Å². The zero-order valence-corrected chi connectivity index (χ0v) is 20.8. The molecule has 0 spiro atoms. The van der Waals surface area contributed by atoms with Gasteiger partial charge in [0.1, 0.15) is 5.82 Å². The van der Waals surface area contributed by atoms with Gasteiger partial charge in [0, 0.05) is 30.1 Å².